The number of hydrogen-bond donors (Lipinski definition) is 0. The van der Waals surface area contributed by atoms with E-state index in [1.165, 1.54) is 0 Å². The number of carbonyl (C=O) groups excluding carboxylic acids is 4. The normalized spacial score (nSPS) is 20.1. The van der Waals surface area contributed by atoms with Crippen molar-refractivity contribution in [3.8, 4) is 0 Å². The first-order valence-electron chi connectivity index (χ1n) is 10.2. The SMILES string of the molecule is COC(=O)C1(C(=O)OC)COC(c2ccccc2C2OCC(C(=O)OC)(C(=O)OC)CO2)OC1. The molecule has 2 saturated heterocycles. The zero-order valence-corrected chi connectivity index (χ0v) is 19.2. The molecule has 0 amide bonds. The molecule has 0 radical (unpaired) electrons. The second kappa shape index (κ2) is 10.5. The maximum Gasteiger partial charge on any atom is 0.328 e. The van der Waals surface area contributed by atoms with Crippen LogP contribution in [0.3, 0.4) is 0 Å². The molecule has 0 aliphatic carbocycles. The van der Waals surface area contributed by atoms with Crippen LogP contribution in [0.5, 0.6) is 0 Å². The molecule has 2 fully saturated rings. The molecule has 2 aliphatic heterocycles. The molecule has 34 heavy (non-hydrogen) atoms. The highest BCUT2D eigenvalue weighted by Crippen LogP contribution is 2.40. The number of carbonyl (C=O) groups is 4. The van der Waals surface area contributed by atoms with E-state index in [1.807, 2.05) is 0 Å². The minimum Gasteiger partial charge on any atom is -0.468 e. The first-order chi connectivity index (χ1) is 16.3. The molecule has 0 aromatic heterocycles. The average Bonchev–Trinajstić information content (AvgIpc) is 2.91. The van der Waals surface area contributed by atoms with Gasteiger partial charge in [0.1, 0.15) is 0 Å². The first kappa shape index (κ1) is 25.6. The Morgan fingerprint density at radius 1 is 0.618 bits per heavy atom. The Bertz CT molecular complexity index is 815. The topological polar surface area (TPSA) is 142 Å². The lowest BCUT2D eigenvalue weighted by atomic mass is 9.88. The van der Waals surface area contributed by atoms with E-state index in [1.54, 1.807) is 24.3 Å². The molecule has 0 spiro atoms. The predicted octanol–water partition coefficient (Wildman–Crippen LogP) is 0.442. The van der Waals surface area contributed by atoms with Gasteiger partial charge in [-0.15, -0.1) is 0 Å². The summed E-state index contributed by atoms with van der Waals surface area (Å²) in [6, 6.07) is 6.84. The molecule has 0 bridgehead atoms. The number of esters is 4. The monoisotopic (exact) mass is 482 g/mol. The Morgan fingerprint density at radius 2 is 0.882 bits per heavy atom. The summed E-state index contributed by atoms with van der Waals surface area (Å²) in [4.78, 5) is 49.1. The lowest BCUT2D eigenvalue weighted by Crippen LogP contribution is -2.52. The van der Waals surface area contributed by atoms with Crippen LogP contribution in [-0.4, -0.2) is 78.7 Å². The van der Waals surface area contributed by atoms with Gasteiger partial charge < -0.3 is 37.9 Å². The van der Waals surface area contributed by atoms with Gasteiger partial charge in [-0.1, -0.05) is 24.3 Å². The fourth-order valence-electron chi connectivity index (χ4n) is 3.77. The van der Waals surface area contributed by atoms with Crippen molar-refractivity contribution in [2.75, 3.05) is 54.9 Å². The van der Waals surface area contributed by atoms with Gasteiger partial charge in [-0.2, -0.15) is 0 Å². The lowest BCUT2D eigenvalue weighted by molar-refractivity contribution is -0.251. The molecule has 1 aromatic carbocycles. The maximum absolute atomic E-state index is 12.3. The van der Waals surface area contributed by atoms with E-state index >= 15 is 0 Å². The summed E-state index contributed by atoms with van der Waals surface area (Å²) in [5.74, 6) is -3.36. The Kier molecular flexibility index (Phi) is 7.87. The Morgan fingerprint density at radius 3 is 1.12 bits per heavy atom. The van der Waals surface area contributed by atoms with Gasteiger partial charge in [0.15, 0.2) is 12.6 Å². The van der Waals surface area contributed by atoms with Crippen molar-refractivity contribution in [1.29, 1.82) is 0 Å². The first-order valence-corrected chi connectivity index (χ1v) is 10.2. The van der Waals surface area contributed by atoms with Crippen LogP contribution in [-0.2, 0) is 57.1 Å². The van der Waals surface area contributed by atoms with E-state index in [9.17, 15) is 19.2 Å². The van der Waals surface area contributed by atoms with E-state index in [0.717, 1.165) is 28.4 Å². The summed E-state index contributed by atoms with van der Waals surface area (Å²) in [5.41, 5.74) is -2.51. The van der Waals surface area contributed by atoms with Crippen LogP contribution in [0.4, 0.5) is 0 Å². The molecule has 2 heterocycles. The zero-order chi connectivity index (χ0) is 24.9. The van der Waals surface area contributed by atoms with Gasteiger partial charge in [0, 0.05) is 11.1 Å². The number of benzene rings is 1. The summed E-state index contributed by atoms with van der Waals surface area (Å²) in [7, 11) is 4.59. The second-order valence-electron chi connectivity index (χ2n) is 7.67. The van der Waals surface area contributed by atoms with E-state index in [4.69, 9.17) is 37.9 Å². The van der Waals surface area contributed by atoms with Crippen LogP contribution in [0, 0.1) is 10.8 Å². The molecule has 0 unspecified atom stereocenters. The Hall–Kier alpha value is -3.06. The molecular weight excluding hydrogens is 456 g/mol. The van der Waals surface area contributed by atoms with Gasteiger partial charge in [-0.25, -0.2) is 0 Å². The van der Waals surface area contributed by atoms with Crippen LogP contribution in [0.2, 0.25) is 0 Å². The maximum atomic E-state index is 12.3. The lowest BCUT2D eigenvalue weighted by Gasteiger charge is -2.38. The smallest absolute Gasteiger partial charge is 0.328 e. The van der Waals surface area contributed by atoms with Gasteiger partial charge >= 0.3 is 23.9 Å². The summed E-state index contributed by atoms with van der Waals surface area (Å²) in [6.07, 6.45) is -1.95. The summed E-state index contributed by atoms with van der Waals surface area (Å²) in [5, 5.41) is 0. The van der Waals surface area contributed by atoms with E-state index in [-0.39, 0.29) is 26.4 Å². The number of rotatable bonds is 6. The fraction of sp³-hybridized carbons (Fsp3) is 0.545. The van der Waals surface area contributed by atoms with Crippen LogP contribution in [0.25, 0.3) is 0 Å². The molecule has 2 aliphatic rings. The molecule has 0 N–H and O–H groups in total. The van der Waals surface area contributed by atoms with Crippen LogP contribution in [0.15, 0.2) is 24.3 Å². The van der Waals surface area contributed by atoms with Crippen molar-refractivity contribution in [3.63, 3.8) is 0 Å². The minimum atomic E-state index is -1.76. The molecule has 0 saturated carbocycles. The fourth-order valence-corrected chi connectivity index (χ4v) is 3.77. The molecule has 186 valence electrons. The van der Waals surface area contributed by atoms with Gasteiger partial charge in [0.05, 0.1) is 54.9 Å². The predicted molar refractivity (Wildman–Crippen MR) is 109 cm³/mol. The van der Waals surface area contributed by atoms with Crippen LogP contribution >= 0.6 is 0 Å². The Balaban J connectivity index is 1.79. The molecule has 1 aromatic rings. The number of hydrogen-bond acceptors (Lipinski definition) is 12. The van der Waals surface area contributed by atoms with Crippen molar-refractivity contribution >= 4 is 23.9 Å². The highest BCUT2D eigenvalue weighted by Gasteiger charge is 2.55. The highest BCUT2D eigenvalue weighted by molar-refractivity contribution is 6.01. The van der Waals surface area contributed by atoms with Crippen molar-refractivity contribution in [1.82, 2.24) is 0 Å². The quantitative estimate of drug-likeness (QED) is 0.315. The van der Waals surface area contributed by atoms with E-state index < -0.39 is 47.3 Å². The summed E-state index contributed by atoms with van der Waals surface area (Å²) in [6.45, 7) is -1.37. The minimum absolute atomic E-state index is 0.342. The standard InChI is InChI=1S/C22H26O12/c1-27-17(23)21(18(24)28-2)9-31-15(32-10-21)13-7-5-6-8-14(13)16-33-11-22(12-34-16,19(25)29-3)20(26)30-4/h5-8,15-16H,9-12H2,1-4H3. The third-order valence-corrected chi connectivity index (χ3v) is 5.73. The zero-order valence-electron chi connectivity index (χ0n) is 19.2. The second-order valence-corrected chi connectivity index (χ2v) is 7.67. The highest BCUT2D eigenvalue weighted by atomic mass is 16.7. The van der Waals surface area contributed by atoms with E-state index in [2.05, 4.69) is 0 Å². The number of methoxy groups -OCH3 is 4. The Labute approximate surface area is 195 Å². The van der Waals surface area contributed by atoms with Crippen molar-refractivity contribution in [3.05, 3.63) is 35.4 Å². The van der Waals surface area contributed by atoms with Crippen molar-refractivity contribution in [2.24, 2.45) is 10.8 Å². The summed E-state index contributed by atoms with van der Waals surface area (Å²) < 4.78 is 41.9. The summed E-state index contributed by atoms with van der Waals surface area (Å²) >= 11 is 0. The van der Waals surface area contributed by atoms with Gasteiger partial charge in [0.25, 0.3) is 0 Å². The van der Waals surface area contributed by atoms with Crippen molar-refractivity contribution < 1.29 is 57.1 Å². The van der Waals surface area contributed by atoms with Gasteiger partial charge in [0.2, 0.25) is 10.8 Å². The molecule has 12 heteroatoms. The average molecular weight is 482 g/mol. The molecule has 12 nitrogen and oxygen atoms in total. The number of ether oxygens (including phenoxy) is 8. The third-order valence-electron chi connectivity index (χ3n) is 5.73. The molecule has 0 atom stereocenters. The van der Waals surface area contributed by atoms with E-state index in [0.29, 0.717) is 11.1 Å². The van der Waals surface area contributed by atoms with Crippen molar-refractivity contribution in [2.45, 2.75) is 12.6 Å². The van der Waals surface area contributed by atoms with Crippen LogP contribution < -0.4 is 0 Å². The largest absolute Gasteiger partial charge is 0.468 e. The molecule has 3 rings (SSSR count). The third kappa shape index (κ3) is 4.37. The molecular formula is C22H26O12. The van der Waals surface area contributed by atoms with Gasteiger partial charge in [-0.3, -0.25) is 19.2 Å². The van der Waals surface area contributed by atoms with Gasteiger partial charge in [-0.05, 0) is 0 Å². The van der Waals surface area contributed by atoms with Crippen LogP contribution in [0.1, 0.15) is 23.7 Å².